The number of carbonyl (C=O) groups is 1. The van der Waals surface area contributed by atoms with Crippen LogP contribution in [0.25, 0.3) is 0 Å². The van der Waals surface area contributed by atoms with Crippen molar-refractivity contribution in [3.05, 3.63) is 22.2 Å². The Morgan fingerprint density at radius 3 is 2.71 bits per heavy atom. The maximum atomic E-state index is 12.6. The zero-order chi connectivity index (χ0) is 15.8. The first kappa shape index (κ1) is 16.4. The summed E-state index contributed by atoms with van der Waals surface area (Å²) in [6, 6.07) is 2.54. The van der Waals surface area contributed by atoms with E-state index in [9.17, 15) is 13.2 Å². The number of hydrogen-bond acceptors (Lipinski definition) is 4. The Hall–Kier alpha value is -1.02. The number of benzene rings is 1. The summed E-state index contributed by atoms with van der Waals surface area (Å²) in [6.45, 7) is 1.92. The molecule has 1 amide bonds. The third kappa shape index (κ3) is 3.26. The van der Waals surface area contributed by atoms with E-state index in [1.807, 2.05) is 0 Å². The highest BCUT2D eigenvalue weighted by molar-refractivity contribution is 7.89. The lowest BCUT2D eigenvalue weighted by molar-refractivity contribution is -0.119. The number of amides is 1. The molecule has 0 aromatic heterocycles. The number of anilines is 1. The molecular formula is C12H15Cl2N3O3S. The quantitative estimate of drug-likeness (QED) is 0.806. The van der Waals surface area contributed by atoms with E-state index >= 15 is 0 Å². The summed E-state index contributed by atoms with van der Waals surface area (Å²) in [5, 5.41) is 2.83. The zero-order valence-electron chi connectivity index (χ0n) is 11.3. The van der Waals surface area contributed by atoms with Crippen molar-refractivity contribution < 1.29 is 13.2 Å². The van der Waals surface area contributed by atoms with E-state index in [0.29, 0.717) is 13.0 Å². The first-order valence-corrected chi connectivity index (χ1v) is 8.44. The molecule has 9 heteroatoms. The van der Waals surface area contributed by atoms with Gasteiger partial charge in [-0.3, -0.25) is 4.79 Å². The molecule has 1 aromatic rings. The first-order chi connectivity index (χ1) is 9.73. The first-order valence-electron chi connectivity index (χ1n) is 6.24. The van der Waals surface area contributed by atoms with Gasteiger partial charge in [0.05, 0.1) is 15.7 Å². The molecule has 116 valence electrons. The molecule has 1 aliphatic rings. The molecule has 1 fully saturated rings. The van der Waals surface area contributed by atoms with Gasteiger partial charge in [-0.05, 0) is 18.6 Å². The molecule has 0 bridgehead atoms. The molecule has 1 heterocycles. The number of nitrogen functional groups attached to an aromatic ring is 1. The van der Waals surface area contributed by atoms with Gasteiger partial charge in [-0.1, -0.05) is 23.2 Å². The molecular weight excluding hydrogens is 337 g/mol. The lowest BCUT2D eigenvalue weighted by atomic mass is 10.3. The maximum Gasteiger partial charge on any atom is 0.244 e. The van der Waals surface area contributed by atoms with Crippen molar-refractivity contribution >= 4 is 44.8 Å². The van der Waals surface area contributed by atoms with Crippen LogP contribution in [-0.2, 0) is 14.8 Å². The van der Waals surface area contributed by atoms with Gasteiger partial charge in [0.2, 0.25) is 15.9 Å². The molecule has 2 rings (SSSR count). The Morgan fingerprint density at radius 1 is 1.43 bits per heavy atom. The van der Waals surface area contributed by atoms with Gasteiger partial charge >= 0.3 is 0 Å². The summed E-state index contributed by atoms with van der Waals surface area (Å²) in [4.78, 5) is 11.0. The van der Waals surface area contributed by atoms with Crippen molar-refractivity contribution in [1.29, 1.82) is 0 Å². The lowest BCUT2D eigenvalue weighted by Crippen LogP contribution is -2.37. The Balaban J connectivity index is 2.28. The molecule has 21 heavy (non-hydrogen) atoms. The number of carbonyl (C=O) groups excluding carboxylic acids is 1. The number of rotatable bonds is 3. The van der Waals surface area contributed by atoms with Crippen LogP contribution in [0.4, 0.5) is 5.69 Å². The average molecular weight is 352 g/mol. The van der Waals surface area contributed by atoms with E-state index in [1.165, 1.54) is 23.4 Å². The Kier molecular flexibility index (Phi) is 4.67. The minimum Gasteiger partial charge on any atom is -0.396 e. The fraction of sp³-hybridized carbons (Fsp3) is 0.417. The number of nitrogens with two attached hydrogens (primary N) is 1. The van der Waals surface area contributed by atoms with Crippen molar-refractivity contribution in [2.75, 3.05) is 18.8 Å². The molecule has 1 aliphatic heterocycles. The Labute approximate surface area is 133 Å². The van der Waals surface area contributed by atoms with Gasteiger partial charge in [-0.15, -0.1) is 0 Å². The van der Waals surface area contributed by atoms with Crippen LogP contribution < -0.4 is 11.1 Å². The van der Waals surface area contributed by atoms with Crippen LogP contribution in [0.1, 0.15) is 13.3 Å². The van der Waals surface area contributed by atoms with Crippen molar-refractivity contribution in [3.63, 3.8) is 0 Å². The summed E-state index contributed by atoms with van der Waals surface area (Å²) in [6.07, 6.45) is 0.555. The fourth-order valence-corrected chi connectivity index (χ4v) is 4.48. The normalized spacial score (nSPS) is 19.7. The van der Waals surface area contributed by atoms with Crippen LogP contribution >= 0.6 is 23.2 Å². The number of hydrogen-bond donors (Lipinski definition) is 2. The van der Waals surface area contributed by atoms with Gasteiger partial charge in [0.25, 0.3) is 0 Å². The molecule has 1 aromatic carbocycles. The SMILES string of the molecule is CC(=O)NC1CCN(S(=O)(=O)c2ccc(Cl)c(N)c2Cl)C1. The number of sulfonamides is 1. The van der Waals surface area contributed by atoms with Crippen LogP contribution in [0.5, 0.6) is 0 Å². The second-order valence-corrected chi connectivity index (χ2v) is 7.51. The predicted molar refractivity (Wildman–Crippen MR) is 81.9 cm³/mol. The van der Waals surface area contributed by atoms with Crippen molar-refractivity contribution in [2.24, 2.45) is 0 Å². The van der Waals surface area contributed by atoms with Crippen LogP contribution in [0, 0.1) is 0 Å². The highest BCUT2D eigenvalue weighted by atomic mass is 35.5. The van der Waals surface area contributed by atoms with E-state index in [0.717, 1.165) is 0 Å². The van der Waals surface area contributed by atoms with E-state index < -0.39 is 10.0 Å². The average Bonchev–Trinajstić information content (AvgIpc) is 2.84. The molecule has 1 saturated heterocycles. The van der Waals surface area contributed by atoms with E-state index in [2.05, 4.69) is 5.32 Å². The van der Waals surface area contributed by atoms with Gasteiger partial charge in [0.1, 0.15) is 4.90 Å². The Morgan fingerprint density at radius 2 is 2.10 bits per heavy atom. The minimum absolute atomic E-state index is 0.0389. The monoisotopic (exact) mass is 351 g/mol. The van der Waals surface area contributed by atoms with Gasteiger partial charge < -0.3 is 11.1 Å². The molecule has 0 aliphatic carbocycles. The smallest absolute Gasteiger partial charge is 0.244 e. The van der Waals surface area contributed by atoms with Crippen LogP contribution in [0.15, 0.2) is 17.0 Å². The second kappa shape index (κ2) is 6.00. The van der Waals surface area contributed by atoms with E-state index in [4.69, 9.17) is 28.9 Å². The topological polar surface area (TPSA) is 92.5 Å². The van der Waals surface area contributed by atoms with Crippen LogP contribution in [0.2, 0.25) is 10.0 Å². The minimum atomic E-state index is -3.77. The summed E-state index contributed by atoms with van der Waals surface area (Å²) in [5.74, 6) is -0.187. The third-order valence-electron chi connectivity index (χ3n) is 3.27. The number of nitrogens with one attached hydrogen (secondary N) is 1. The predicted octanol–water partition coefficient (Wildman–Crippen LogP) is 1.47. The highest BCUT2D eigenvalue weighted by Crippen LogP contribution is 2.35. The summed E-state index contributed by atoms with van der Waals surface area (Å²) < 4.78 is 26.4. The molecule has 3 N–H and O–H groups in total. The Bertz CT molecular complexity index is 679. The highest BCUT2D eigenvalue weighted by Gasteiger charge is 2.34. The third-order valence-corrected chi connectivity index (χ3v) is 6.02. The molecule has 0 radical (unpaired) electrons. The summed E-state index contributed by atoms with van der Waals surface area (Å²) in [5.41, 5.74) is 5.71. The van der Waals surface area contributed by atoms with Gasteiger partial charge in [-0.25, -0.2) is 8.42 Å². The van der Waals surface area contributed by atoms with Gasteiger partial charge in [0.15, 0.2) is 0 Å². The lowest BCUT2D eigenvalue weighted by Gasteiger charge is -2.18. The molecule has 1 atom stereocenters. The largest absolute Gasteiger partial charge is 0.396 e. The van der Waals surface area contributed by atoms with Crippen molar-refractivity contribution in [2.45, 2.75) is 24.3 Å². The summed E-state index contributed by atoms with van der Waals surface area (Å²) >= 11 is 11.8. The van der Waals surface area contributed by atoms with Crippen LogP contribution in [-0.4, -0.2) is 37.8 Å². The van der Waals surface area contributed by atoms with Crippen molar-refractivity contribution in [1.82, 2.24) is 9.62 Å². The molecule has 1 unspecified atom stereocenters. The van der Waals surface area contributed by atoms with E-state index in [1.54, 1.807) is 0 Å². The van der Waals surface area contributed by atoms with E-state index in [-0.39, 0.29) is 39.1 Å². The maximum absolute atomic E-state index is 12.6. The molecule has 6 nitrogen and oxygen atoms in total. The number of halogens is 2. The zero-order valence-corrected chi connectivity index (χ0v) is 13.6. The fourth-order valence-electron chi connectivity index (χ4n) is 2.24. The standard InChI is InChI=1S/C12H15Cl2N3O3S/c1-7(18)16-8-4-5-17(6-8)21(19,20)10-3-2-9(13)12(15)11(10)14/h2-3,8H,4-6,15H2,1H3,(H,16,18). The van der Waals surface area contributed by atoms with Crippen LogP contribution in [0.3, 0.4) is 0 Å². The summed E-state index contributed by atoms with van der Waals surface area (Å²) in [7, 11) is -3.77. The molecule has 0 spiro atoms. The van der Waals surface area contributed by atoms with Gasteiger partial charge in [-0.2, -0.15) is 4.31 Å². The number of nitrogens with zero attached hydrogens (tertiary/aromatic N) is 1. The molecule has 0 saturated carbocycles. The van der Waals surface area contributed by atoms with Crippen molar-refractivity contribution in [3.8, 4) is 0 Å². The van der Waals surface area contributed by atoms with Gasteiger partial charge in [0, 0.05) is 26.1 Å². The second-order valence-electron chi connectivity index (χ2n) is 4.82.